The number of hydrogen-bond donors (Lipinski definition) is 1. The summed E-state index contributed by atoms with van der Waals surface area (Å²) in [6.45, 7) is 5.76. The molecule has 1 aromatic heterocycles. The van der Waals surface area contributed by atoms with Gasteiger partial charge in [0, 0.05) is 16.7 Å². The minimum atomic E-state index is 0.697. The van der Waals surface area contributed by atoms with Crippen LogP contribution < -0.4 is 5.32 Å². The van der Waals surface area contributed by atoms with E-state index in [0.29, 0.717) is 6.54 Å². The SMILES string of the molecule is CCc1cc(Br)ccc1NCc1ncnn1CC. The van der Waals surface area contributed by atoms with Crippen LogP contribution in [0.4, 0.5) is 5.69 Å². The second kappa shape index (κ2) is 6.00. The molecular weight excluding hydrogens is 292 g/mol. The molecule has 4 nitrogen and oxygen atoms in total. The van der Waals surface area contributed by atoms with Gasteiger partial charge in [-0.1, -0.05) is 22.9 Å². The molecule has 0 amide bonds. The van der Waals surface area contributed by atoms with Gasteiger partial charge in [-0.25, -0.2) is 9.67 Å². The predicted molar refractivity (Wildman–Crippen MR) is 76.5 cm³/mol. The normalized spacial score (nSPS) is 10.6. The molecule has 2 rings (SSSR count). The van der Waals surface area contributed by atoms with Gasteiger partial charge in [-0.15, -0.1) is 0 Å². The summed E-state index contributed by atoms with van der Waals surface area (Å²) in [4.78, 5) is 4.26. The monoisotopic (exact) mass is 308 g/mol. The standard InChI is InChI=1S/C13H17BrN4/c1-3-10-7-11(14)5-6-12(10)15-8-13-16-9-17-18(13)4-2/h5-7,9,15H,3-4,8H2,1-2H3. The lowest BCUT2D eigenvalue weighted by Crippen LogP contribution is -2.10. The molecule has 1 aromatic carbocycles. The second-order valence-corrected chi connectivity index (χ2v) is 4.92. The Balaban J connectivity index is 2.10. The van der Waals surface area contributed by atoms with Crippen molar-refractivity contribution in [1.82, 2.24) is 14.8 Å². The van der Waals surface area contributed by atoms with Crippen LogP contribution in [-0.4, -0.2) is 14.8 Å². The lowest BCUT2D eigenvalue weighted by Gasteiger charge is -2.11. The number of benzene rings is 1. The molecule has 5 heteroatoms. The molecular formula is C13H17BrN4. The van der Waals surface area contributed by atoms with Gasteiger partial charge in [0.1, 0.15) is 12.2 Å². The summed E-state index contributed by atoms with van der Waals surface area (Å²) in [5.74, 6) is 0.961. The molecule has 0 radical (unpaired) electrons. The average molecular weight is 309 g/mol. The zero-order chi connectivity index (χ0) is 13.0. The highest BCUT2D eigenvalue weighted by atomic mass is 79.9. The summed E-state index contributed by atoms with van der Waals surface area (Å²) in [5.41, 5.74) is 2.46. The van der Waals surface area contributed by atoms with Crippen molar-refractivity contribution in [2.45, 2.75) is 33.4 Å². The fraction of sp³-hybridized carbons (Fsp3) is 0.385. The van der Waals surface area contributed by atoms with E-state index < -0.39 is 0 Å². The Morgan fingerprint density at radius 3 is 2.89 bits per heavy atom. The van der Waals surface area contributed by atoms with Gasteiger partial charge in [-0.05, 0) is 37.1 Å². The Morgan fingerprint density at radius 1 is 1.33 bits per heavy atom. The van der Waals surface area contributed by atoms with Crippen LogP contribution in [0.3, 0.4) is 0 Å². The van der Waals surface area contributed by atoms with Crippen LogP contribution in [0.2, 0.25) is 0 Å². The molecule has 0 saturated carbocycles. The van der Waals surface area contributed by atoms with Crippen LogP contribution in [0.1, 0.15) is 25.2 Å². The summed E-state index contributed by atoms with van der Waals surface area (Å²) in [6.07, 6.45) is 2.60. The highest BCUT2D eigenvalue weighted by Gasteiger charge is 2.05. The molecule has 18 heavy (non-hydrogen) atoms. The first kappa shape index (κ1) is 13.1. The number of aryl methyl sites for hydroxylation is 2. The molecule has 96 valence electrons. The van der Waals surface area contributed by atoms with Gasteiger partial charge in [-0.2, -0.15) is 5.10 Å². The zero-order valence-electron chi connectivity index (χ0n) is 10.7. The maximum Gasteiger partial charge on any atom is 0.146 e. The molecule has 1 N–H and O–H groups in total. The molecule has 0 fully saturated rings. The van der Waals surface area contributed by atoms with E-state index in [1.54, 1.807) is 6.33 Å². The van der Waals surface area contributed by atoms with Gasteiger partial charge in [0.2, 0.25) is 0 Å². The van der Waals surface area contributed by atoms with E-state index in [1.807, 2.05) is 10.7 Å². The first-order valence-electron chi connectivity index (χ1n) is 6.13. The topological polar surface area (TPSA) is 42.7 Å². The second-order valence-electron chi connectivity index (χ2n) is 4.00. The molecule has 1 heterocycles. The van der Waals surface area contributed by atoms with Crippen LogP contribution >= 0.6 is 15.9 Å². The third kappa shape index (κ3) is 2.90. The van der Waals surface area contributed by atoms with Crippen LogP contribution in [0.5, 0.6) is 0 Å². The first-order valence-corrected chi connectivity index (χ1v) is 6.92. The Kier molecular flexibility index (Phi) is 4.36. The maximum absolute atomic E-state index is 4.26. The predicted octanol–water partition coefficient (Wildman–Crippen LogP) is 3.24. The van der Waals surface area contributed by atoms with E-state index in [1.165, 1.54) is 5.56 Å². The van der Waals surface area contributed by atoms with E-state index in [0.717, 1.165) is 29.0 Å². The van der Waals surface area contributed by atoms with Crippen molar-refractivity contribution >= 4 is 21.6 Å². The fourth-order valence-corrected chi connectivity index (χ4v) is 2.30. The number of anilines is 1. The van der Waals surface area contributed by atoms with Gasteiger partial charge in [0.05, 0.1) is 6.54 Å². The Morgan fingerprint density at radius 2 is 2.17 bits per heavy atom. The van der Waals surface area contributed by atoms with E-state index in [4.69, 9.17) is 0 Å². The van der Waals surface area contributed by atoms with Gasteiger partial charge in [-0.3, -0.25) is 0 Å². The van der Waals surface area contributed by atoms with Gasteiger partial charge in [0.25, 0.3) is 0 Å². The molecule has 0 bridgehead atoms. The van der Waals surface area contributed by atoms with Gasteiger partial charge < -0.3 is 5.32 Å². The molecule has 0 saturated heterocycles. The van der Waals surface area contributed by atoms with E-state index in [9.17, 15) is 0 Å². The van der Waals surface area contributed by atoms with Crippen molar-refractivity contribution in [3.05, 3.63) is 40.4 Å². The zero-order valence-corrected chi connectivity index (χ0v) is 12.2. The van der Waals surface area contributed by atoms with Crippen LogP contribution in [-0.2, 0) is 19.5 Å². The van der Waals surface area contributed by atoms with Gasteiger partial charge >= 0.3 is 0 Å². The Bertz CT molecular complexity index is 521. The van der Waals surface area contributed by atoms with E-state index in [2.05, 4.69) is 57.3 Å². The van der Waals surface area contributed by atoms with E-state index >= 15 is 0 Å². The maximum atomic E-state index is 4.26. The lowest BCUT2D eigenvalue weighted by atomic mass is 10.1. The van der Waals surface area contributed by atoms with Crippen LogP contribution in [0.15, 0.2) is 29.0 Å². The summed E-state index contributed by atoms with van der Waals surface area (Å²) < 4.78 is 3.01. The number of halogens is 1. The molecule has 0 aliphatic heterocycles. The lowest BCUT2D eigenvalue weighted by molar-refractivity contribution is 0.622. The first-order chi connectivity index (χ1) is 8.74. The number of nitrogens with one attached hydrogen (secondary N) is 1. The minimum Gasteiger partial charge on any atom is -0.378 e. The van der Waals surface area contributed by atoms with E-state index in [-0.39, 0.29) is 0 Å². The average Bonchev–Trinajstić information content (AvgIpc) is 2.84. The largest absolute Gasteiger partial charge is 0.378 e. The Labute approximate surface area is 116 Å². The summed E-state index contributed by atoms with van der Waals surface area (Å²) in [5, 5.41) is 7.59. The number of rotatable bonds is 5. The van der Waals surface area contributed by atoms with Crippen molar-refractivity contribution in [1.29, 1.82) is 0 Å². The van der Waals surface area contributed by atoms with Crippen molar-refractivity contribution in [3.8, 4) is 0 Å². The smallest absolute Gasteiger partial charge is 0.146 e. The molecule has 0 atom stereocenters. The van der Waals surface area contributed by atoms with Gasteiger partial charge in [0.15, 0.2) is 0 Å². The molecule has 0 aliphatic carbocycles. The van der Waals surface area contributed by atoms with Crippen LogP contribution in [0, 0.1) is 0 Å². The molecule has 0 unspecified atom stereocenters. The van der Waals surface area contributed by atoms with Crippen molar-refractivity contribution < 1.29 is 0 Å². The molecule has 0 spiro atoms. The van der Waals surface area contributed by atoms with Crippen molar-refractivity contribution in [3.63, 3.8) is 0 Å². The highest BCUT2D eigenvalue weighted by Crippen LogP contribution is 2.21. The van der Waals surface area contributed by atoms with Crippen molar-refractivity contribution in [2.75, 3.05) is 5.32 Å². The number of hydrogen-bond acceptors (Lipinski definition) is 3. The molecule has 0 aliphatic rings. The minimum absolute atomic E-state index is 0.697. The third-order valence-corrected chi connectivity index (χ3v) is 3.37. The molecule has 2 aromatic rings. The Hall–Kier alpha value is -1.36. The number of nitrogens with zero attached hydrogens (tertiary/aromatic N) is 3. The summed E-state index contributed by atoms with van der Waals surface area (Å²) in [7, 11) is 0. The summed E-state index contributed by atoms with van der Waals surface area (Å²) >= 11 is 3.50. The highest BCUT2D eigenvalue weighted by molar-refractivity contribution is 9.10. The van der Waals surface area contributed by atoms with Crippen molar-refractivity contribution in [2.24, 2.45) is 0 Å². The fourth-order valence-electron chi connectivity index (χ4n) is 1.89. The summed E-state index contributed by atoms with van der Waals surface area (Å²) in [6, 6.07) is 6.29. The third-order valence-electron chi connectivity index (χ3n) is 2.88. The number of aromatic nitrogens is 3. The van der Waals surface area contributed by atoms with Crippen LogP contribution in [0.25, 0.3) is 0 Å². The quantitative estimate of drug-likeness (QED) is 0.922.